The van der Waals surface area contributed by atoms with Crippen molar-refractivity contribution in [1.29, 1.82) is 0 Å². The van der Waals surface area contributed by atoms with E-state index in [1.165, 1.54) is 18.2 Å². The Hall–Kier alpha value is -3.24. The number of nitro benzene ring substituents is 1. The number of ether oxygens (including phenoxy) is 3. The van der Waals surface area contributed by atoms with Crippen molar-refractivity contribution in [3.8, 4) is 0 Å². The molecule has 0 radical (unpaired) electrons. The van der Waals surface area contributed by atoms with E-state index in [1.807, 2.05) is 0 Å². The third kappa shape index (κ3) is 4.49. The molecule has 2 unspecified atom stereocenters. The number of esters is 1. The maximum Gasteiger partial charge on any atom is 0.336 e. The van der Waals surface area contributed by atoms with Gasteiger partial charge in [-0.15, -0.1) is 0 Å². The Morgan fingerprint density at radius 3 is 2.61 bits per heavy atom. The number of allylic oxidation sites excluding steroid dienone is 2. The van der Waals surface area contributed by atoms with E-state index in [-0.39, 0.29) is 23.4 Å². The van der Waals surface area contributed by atoms with E-state index in [0.717, 1.165) is 25.7 Å². The van der Waals surface area contributed by atoms with Crippen molar-refractivity contribution in [2.45, 2.75) is 57.3 Å². The van der Waals surface area contributed by atoms with E-state index in [0.29, 0.717) is 23.6 Å². The molecule has 2 heterocycles. The molecule has 2 fully saturated rings. The normalized spacial score (nSPS) is 24.2. The standard InChI is InChI=1S/C23H26N2O8/c1-13-18(21(26)27)20(15-6-5-7-16(10-15)25(29)30)19(14(2)24-13)22(28)31-11-17-12-32-23(33-17)8-3-4-9-23/h5-7,10,17,20,24H,3-4,8-9,11-12H2,1-2H3,(H,26,27). The predicted molar refractivity (Wildman–Crippen MR) is 115 cm³/mol. The molecule has 176 valence electrons. The number of nitrogens with one attached hydrogen (secondary N) is 1. The summed E-state index contributed by atoms with van der Waals surface area (Å²) in [6.07, 6.45) is 3.27. The minimum absolute atomic E-state index is 0.0376. The number of carboxylic acid groups (broad SMARTS) is 1. The first-order chi connectivity index (χ1) is 15.7. The van der Waals surface area contributed by atoms with Gasteiger partial charge >= 0.3 is 11.9 Å². The second kappa shape index (κ2) is 8.95. The Morgan fingerprint density at radius 1 is 1.24 bits per heavy atom. The molecule has 3 aliphatic rings. The maximum atomic E-state index is 13.2. The number of carbonyl (C=O) groups is 2. The van der Waals surface area contributed by atoms with Gasteiger partial charge in [0, 0.05) is 36.4 Å². The summed E-state index contributed by atoms with van der Waals surface area (Å²) in [5.41, 5.74) is 0.918. The number of nitrogens with zero attached hydrogens (tertiary/aromatic N) is 1. The average Bonchev–Trinajstić information content (AvgIpc) is 3.40. The van der Waals surface area contributed by atoms with E-state index in [4.69, 9.17) is 14.2 Å². The van der Waals surface area contributed by atoms with Gasteiger partial charge in [0.1, 0.15) is 12.7 Å². The molecule has 2 atom stereocenters. The molecule has 4 rings (SSSR count). The summed E-state index contributed by atoms with van der Waals surface area (Å²) in [5.74, 6) is -3.55. The fourth-order valence-electron chi connectivity index (χ4n) is 4.82. The highest BCUT2D eigenvalue weighted by Gasteiger charge is 2.44. The number of benzene rings is 1. The molecule has 2 N–H and O–H groups in total. The summed E-state index contributed by atoms with van der Waals surface area (Å²) >= 11 is 0. The van der Waals surface area contributed by atoms with Crippen molar-refractivity contribution in [2.24, 2.45) is 0 Å². The number of rotatable bonds is 6. The van der Waals surface area contributed by atoms with Crippen LogP contribution in [0, 0.1) is 10.1 Å². The van der Waals surface area contributed by atoms with Gasteiger partial charge in [0.25, 0.3) is 5.69 Å². The fourth-order valence-corrected chi connectivity index (χ4v) is 4.82. The van der Waals surface area contributed by atoms with Crippen LogP contribution >= 0.6 is 0 Å². The number of dihydropyridines is 1. The number of hydrogen-bond donors (Lipinski definition) is 2. The topological polar surface area (TPSA) is 137 Å². The molecule has 1 spiro atoms. The van der Waals surface area contributed by atoms with Crippen LogP contribution in [0.2, 0.25) is 0 Å². The van der Waals surface area contributed by atoms with Crippen LogP contribution in [-0.4, -0.2) is 47.1 Å². The van der Waals surface area contributed by atoms with Crippen molar-refractivity contribution in [3.63, 3.8) is 0 Å². The highest BCUT2D eigenvalue weighted by atomic mass is 16.8. The molecule has 0 bridgehead atoms. The summed E-state index contributed by atoms with van der Waals surface area (Å²) in [4.78, 5) is 36.0. The first-order valence-corrected chi connectivity index (χ1v) is 10.9. The van der Waals surface area contributed by atoms with E-state index >= 15 is 0 Å². The SMILES string of the molecule is CC1=C(C(=O)O)C(c2cccc([N+](=O)[O-])c2)C(C(=O)OCC2COC3(CCCC3)O2)=C(C)N1. The zero-order valence-electron chi connectivity index (χ0n) is 18.5. The van der Waals surface area contributed by atoms with Gasteiger partial charge in [0.2, 0.25) is 0 Å². The molecule has 0 aromatic heterocycles. The van der Waals surface area contributed by atoms with Gasteiger partial charge in [0.05, 0.1) is 28.6 Å². The molecule has 1 saturated heterocycles. The summed E-state index contributed by atoms with van der Waals surface area (Å²) in [6, 6.07) is 5.63. The molecule has 10 heteroatoms. The number of non-ortho nitro benzene ring substituents is 1. The second-order valence-electron chi connectivity index (χ2n) is 8.56. The molecule has 1 saturated carbocycles. The third-order valence-corrected chi connectivity index (χ3v) is 6.30. The Morgan fingerprint density at radius 2 is 1.94 bits per heavy atom. The van der Waals surface area contributed by atoms with Crippen LogP contribution in [0.4, 0.5) is 5.69 Å². The zero-order valence-corrected chi connectivity index (χ0v) is 18.5. The van der Waals surface area contributed by atoms with Crippen LogP contribution in [0.15, 0.2) is 46.8 Å². The van der Waals surface area contributed by atoms with E-state index < -0.39 is 34.7 Å². The lowest BCUT2D eigenvalue weighted by Gasteiger charge is -2.29. The van der Waals surface area contributed by atoms with Crippen molar-refractivity contribution in [1.82, 2.24) is 5.32 Å². The number of carbonyl (C=O) groups excluding carboxylic acids is 1. The molecule has 0 amide bonds. The second-order valence-corrected chi connectivity index (χ2v) is 8.56. The molecule has 1 aromatic rings. The fraction of sp³-hybridized carbons (Fsp3) is 0.478. The van der Waals surface area contributed by atoms with Crippen LogP contribution in [0.5, 0.6) is 0 Å². The van der Waals surface area contributed by atoms with Gasteiger partial charge in [-0.25, -0.2) is 9.59 Å². The third-order valence-electron chi connectivity index (χ3n) is 6.30. The van der Waals surface area contributed by atoms with Crippen LogP contribution in [0.25, 0.3) is 0 Å². The quantitative estimate of drug-likeness (QED) is 0.374. The number of nitro groups is 1. The monoisotopic (exact) mass is 458 g/mol. The maximum absolute atomic E-state index is 13.2. The molecular weight excluding hydrogens is 432 g/mol. The van der Waals surface area contributed by atoms with Gasteiger partial charge < -0.3 is 24.6 Å². The lowest BCUT2D eigenvalue weighted by molar-refractivity contribution is -0.384. The van der Waals surface area contributed by atoms with Crippen molar-refractivity contribution in [3.05, 3.63) is 62.5 Å². The molecule has 1 aliphatic carbocycles. The largest absolute Gasteiger partial charge is 0.478 e. The molecule has 33 heavy (non-hydrogen) atoms. The molecule has 2 aliphatic heterocycles. The minimum Gasteiger partial charge on any atom is -0.478 e. The highest BCUT2D eigenvalue weighted by molar-refractivity contribution is 5.99. The lowest BCUT2D eigenvalue weighted by Crippen LogP contribution is -2.33. The summed E-state index contributed by atoms with van der Waals surface area (Å²) in [6.45, 7) is 3.51. The Kier molecular flexibility index (Phi) is 6.22. The lowest BCUT2D eigenvalue weighted by atomic mass is 9.80. The van der Waals surface area contributed by atoms with Gasteiger partial charge in [-0.05, 0) is 32.3 Å². The van der Waals surface area contributed by atoms with Crippen molar-refractivity contribution >= 4 is 17.6 Å². The predicted octanol–water partition coefficient (Wildman–Crippen LogP) is 3.14. The summed E-state index contributed by atoms with van der Waals surface area (Å²) < 4.78 is 17.3. The first kappa shape index (κ1) is 22.9. The zero-order chi connectivity index (χ0) is 23.8. The summed E-state index contributed by atoms with van der Waals surface area (Å²) in [5, 5.41) is 24.1. The number of carboxylic acids is 1. The minimum atomic E-state index is -1.23. The Balaban J connectivity index is 1.59. The Bertz CT molecular complexity index is 1050. The Labute approximate surface area is 190 Å². The van der Waals surface area contributed by atoms with Gasteiger partial charge in [0.15, 0.2) is 5.79 Å². The average molecular weight is 458 g/mol. The van der Waals surface area contributed by atoms with Crippen molar-refractivity contribution in [2.75, 3.05) is 13.2 Å². The summed E-state index contributed by atoms with van der Waals surface area (Å²) in [7, 11) is 0. The van der Waals surface area contributed by atoms with Crippen LogP contribution < -0.4 is 5.32 Å². The molecule has 1 aromatic carbocycles. The van der Waals surface area contributed by atoms with Gasteiger partial charge in [-0.2, -0.15) is 0 Å². The van der Waals surface area contributed by atoms with Crippen molar-refractivity contribution < 1.29 is 33.8 Å². The van der Waals surface area contributed by atoms with Crippen LogP contribution in [-0.2, 0) is 23.8 Å². The number of aliphatic carboxylic acids is 1. The number of hydrogen-bond acceptors (Lipinski definition) is 8. The van der Waals surface area contributed by atoms with E-state index in [2.05, 4.69) is 5.32 Å². The highest BCUT2D eigenvalue weighted by Crippen LogP contribution is 2.41. The smallest absolute Gasteiger partial charge is 0.336 e. The first-order valence-electron chi connectivity index (χ1n) is 10.9. The molecule has 10 nitrogen and oxygen atoms in total. The van der Waals surface area contributed by atoms with Gasteiger partial charge in [-0.3, -0.25) is 10.1 Å². The van der Waals surface area contributed by atoms with E-state index in [1.54, 1.807) is 19.9 Å². The molecular formula is C23H26N2O8. The van der Waals surface area contributed by atoms with E-state index in [9.17, 15) is 24.8 Å². The van der Waals surface area contributed by atoms with Gasteiger partial charge in [-0.1, -0.05) is 12.1 Å². The van der Waals surface area contributed by atoms with Crippen LogP contribution in [0.3, 0.4) is 0 Å². The van der Waals surface area contributed by atoms with Crippen LogP contribution in [0.1, 0.15) is 51.0 Å².